The largest absolute Gasteiger partial charge is 0.289 e. The van der Waals surface area contributed by atoms with E-state index < -0.39 is 0 Å². The van der Waals surface area contributed by atoms with Crippen LogP contribution in [-0.2, 0) is 0 Å². The van der Waals surface area contributed by atoms with Crippen LogP contribution in [0.4, 0.5) is 0 Å². The van der Waals surface area contributed by atoms with Crippen molar-refractivity contribution in [1.29, 1.82) is 0 Å². The summed E-state index contributed by atoms with van der Waals surface area (Å²) in [5.74, 6) is 0.0237. The Morgan fingerprint density at radius 3 is 2.37 bits per heavy atom. The fourth-order valence-corrected chi connectivity index (χ4v) is 4.35. The summed E-state index contributed by atoms with van der Waals surface area (Å²) >= 11 is 1.62. The molecule has 0 fully saturated rings. The summed E-state index contributed by atoms with van der Waals surface area (Å²) in [6.45, 7) is 0. The first kappa shape index (κ1) is 15.9. The lowest BCUT2D eigenvalue weighted by Crippen LogP contribution is -2.03. The first-order chi connectivity index (χ1) is 13.3. The quantitative estimate of drug-likeness (QED) is 0.349. The molecule has 0 unspecified atom stereocenters. The fraction of sp³-hybridized carbons (Fsp3) is 0. The zero-order valence-corrected chi connectivity index (χ0v) is 15.2. The number of rotatable bonds is 3. The van der Waals surface area contributed by atoms with Crippen LogP contribution in [0.25, 0.3) is 31.6 Å². The van der Waals surface area contributed by atoms with Crippen molar-refractivity contribution < 1.29 is 4.79 Å². The highest BCUT2D eigenvalue weighted by Gasteiger charge is 2.17. The standard InChI is InChI=1S/C24H15NOS/c26-23(18-14-13-16-7-1-2-8-17(16)15-18)19-9-3-4-10-20(19)24-25-21-11-5-6-12-22(21)27-24/h1-15H. The van der Waals surface area contributed by atoms with E-state index in [2.05, 4.69) is 12.1 Å². The zero-order chi connectivity index (χ0) is 18.2. The van der Waals surface area contributed by atoms with E-state index in [0.717, 1.165) is 31.6 Å². The number of nitrogens with zero attached hydrogens (tertiary/aromatic N) is 1. The van der Waals surface area contributed by atoms with E-state index in [9.17, 15) is 4.79 Å². The Kier molecular flexibility index (Phi) is 3.80. The molecule has 0 bridgehead atoms. The van der Waals surface area contributed by atoms with Gasteiger partial charge in [-0.05, 0) is 29.0 Å². The lowest BCUT2D eigenvalue weighted by Gasteiger charge is -2.07. The molecular formula is C24H15NOS. The molecule has 0 aliphatic rings. The second-order valence-corrected chi connectivity index (χ2v) is 7.45. The number of carbonyl (C=O) groups excluding carboxylic acids is 1. The molecule has 27 heavy (non-hydrogen) atoms. The molecule has 4 aromatic carbocycles. The van der Waals surface area contributed by atoms with Gasteiger partial charge in [0.2, 0.25) is 0 Å². The van der Waals surface area contributed by atoms with E-state index in [0.29, 0.717) is 11.1 Å². The highest BCUT2D eigenvalue weighted by molar-refractivity contribution is 7.21. The van der Waals surface area contributed by atoms with E-state index >= 15 is 0 Å². The number of hydrogen-bond donors (Lipinski definition) is 0. The number of thiazole rings is 1. The average molecular weight is 365 g/mol. The molecule has 0 saturated carbocycles. The molecule has 0 amide bonds. The van der Waals surface area contributed by atoms with Gasteiger partial charge >= 0.3 is 0 Å². The third-order valence-electron chi connectivity index (χ3n) is 4.71. The van der Waals surface area contributed by atoms with Crippen molar-refractivity contribution in [1.82, 2.24) is 4.98 Å². The van der Waals surface area contributed by atoms with Crippen molar-refractivity contribution in [2.75, 3.05) is 0 Å². The van der Waals surface area contributed by atoms with Gasteiger partial charge in [-0.1, -0.05) is 72.8 Å². The molecule has 0 spiro atoms. The first-order valence-electron chi connectivity index (χ1n) is 8.78. The van der Waals surface area contributed by atoms with Crippen LogP contribution in [0.15, 0.2) is 91.0 Å². The summed E-state index contributed by atoms with van der Waals surface area (Å²) in [5, 5.41) is 3.08. The molecular weight excluding hydrogens is 350 g/mol. The Labute approximate surface area is 160 Å². The number of para-hydroxylation sites is 1. The van der Waals surface area contributed by atoms with Gasteiger partial charge in [0, 0.05) is 16.7 Å². The highest BCUT2D eigenvalue weighted by Crippen LogP contribution is 2.33. The van der Waals surface area contributed by atoms with Crippen LogP contribution in [0, 0.1) is 0 Å². The van der Waals surface area contributed by atoms with Crippen LogP contribution in [0.3, 0.4) is 0 Å². The van der Waals surface area contributed by atoms with E-state index in [-0.39, 0.29) is 5.78 Å². The second-order valence-electron chi connectivity index (χ2n) is 6.42. The molecule has 0 radical (unpaired) electrons. The predicted octanol–water partition coefficient (Wildman–Crippen LogP) is 6.35. The summed E-state index contributed by atoms with van der Waals surface area (Å²) < 4.78 is 1.13. The van der Waals surface area contributed by atoms with Crippen molar-refractivity contribution >= 4 is 38.1 Å². The van der Waals surface area contributed by atoms with Crippen molar-refractivity contribution in [3.05, 3.63) is 102 Å². The number of benzene rings is 4. The minimum absolute atomic E-state index is 0.0237. The molecule has 5 aromatic rings. The molecule has 1 heterocycles. The normalized spacial score (nSPS) is 11.1. The molecule has 0 aliphatic heterocycles. The zero-order valence-electron chi connectivity index (χ0n) is 14.4. The van der Waals surface area contributed by atoms with Crippen molar-refractivity contribution in [2.45, 2.75) is 0 Å². The monoisotopic (exact) mass is 365 g/mol. The molecule has 0 aliphatic carbocycles. The number of carbonyl (C=O) groups is 1. The molecule has 5 rings (SSSR count). The van der Waals surface area contributed by atoms with Crippen LogP contribution < -0.4 is 0 Å². The van der Waals surface area contributed by atoms with Gasteiger partial charge in [0.25, 0.3) is 0 Å². The summed E-state index contributed by atoms with van der Waals surface area (Å²) in [7, 11) is 0. The Bertz CT molecular complexity index is 1270. The van der Waals surface area contributed by atoms with Gasteiger partial charge in [-0.25, -0.2) is 4.98 Å². The van der Waals surface area contributed by atoms with E-state index in [1.165, 1.54) is 0 Å². The van der Waals surface area contributed by atoms with Gasteiger partial charge in [0.05, 0.1) is 10.2 Å². The van der Waals surface area contributed by atoms with Gasteiger partial charge in [0.1, 0.15) is 5.01 Å². The van der Waals surface area contributed by atoms with Gasteiger partial charge in [-0.15, -0.1) is 11.3 Å². The summed E-state index contributed by atoms with van der Waals surface area (Å²) in [5.41, 5.74) is 3.23. The number of hydrogen-bond acceptors (Lipinski definition) is 3. The molecule has 0 N–H and O–H groups in total. The van der Waals surface area contributed by atoms with Crippen molar-refractivity contribution in [3.63, 3.8) is 0 Å². The van der Waals surface area contributed by atoms with Gasteiger partial charge < -0.3 is 0 Å². The van der Waals surface area contributed by atoms with Crippen LogP contribution in [0.1, 0.15) is 15.9 Å². The van der Waals surface area contributed by atoms with E-state index in [4.69, 9.17) is 4.98 Å². The lowest BCUT2D eigenvalue weighted by molar-refractivity contribution is 0.103. The summed E-state index contributed by atoms with van der Waals surface area (Å²) in [6, 6.07) is 29.7. The Morgan fingerprint density at radius 1 is 0.741 bits per heavy atom. The minimum Gasteiger partial charge on any atom is -0.289 e. The SMILES string of the molecule is O=C(c1ccc2ccccc2c1)c1ccccc1-c1nc2ccccc2s1. The number of fused-ring (bicyclic) bond motifs is 2. The minimum atomic E-state index is 0.0237. The van der Waals surface area contributed by atoms with Crippen molar-refractivity contribution in [3.8, 4) is 10.6 Å². The summed E-state index contributed by atoms with van der Waals surface area (Å²) in [6.07, 6.45) is 0. The van der Waals surface area contributed by atoms with Crippen LogP contribution in [0.2, 0.25) is 0 Å². The summed E-state index contributed by atoms with van der Waals surface area (Å²) in [4.78, 5) is 18.0. The third kappa shape index (κ3) is 2.82. The molecule has 1 aromatic heterocycles. The number of ketones is 1. The molecule has 128 valence electrons. The fourth-order valence-electron chi connectivity index (χ4n) is 3.34. The van der Waals surface area contributed by atoms with Gasteiger partial charge in [0.15, 0.2) is 5.78 Å². The lowest BCUT2D eigenvalue weighted by atomic mass is 9.96. The Balaban J connectivity index is 1.63. The molecule has 2 nitrogen and oxygen atoms in total. The maximum Gasteiger partial charge on any atom is 0.193 e. The van der Waals surface area contributed by atoms with Crippen molar-refractivity contribution in [2.24, 2.45) is 0 Å². The van der Waals surface area contributed by atoms with E-state index in [1.54, 1.807) is 11.3 Å². The maximum atomic E-state index is 13.3. The number of aromatic nitrogens is 1. The van der Waals surface area contributed by atoms with Crippen LogP contribution in [0.5, 0.6) is 0 Å². The van der Waals surface area contributed by atoms with Gasteiger partial charge in [-0.3, -0.25) is 4.79 Å². The Hall–Kier alpha value is -3.30. The average Bonchev–Trinajstić information content (AvgIpc) is 3.17. The van der Waals surface area contributed by atoms with E-state index in [1.807, 2.05) is 78.9 Å². The van der Waals surface area contributed by atoms with Crippen LogP contribution in [-0.4, -0.2) is 10.8 Å². The van der Waals surface area contributed by atoms with Gasteiger partial charge in [-0.2, -0.15) is 0 Å². The highest BCUT2D eigenvalue weighted by atomic mass is 32.1. The molecule has 0 atom stereocenters. The maximum absolute atomic E-state index is 13.3. The smallest absolute Gasteiger partial charge is 0.193 e. The Morgan fingerprint density at radius 2 is 1.48 bits per heavy atom. The second kappa shape index (κ2) is 6.45. The predicted molar refractivity (Wildman–Crippen MR) is 112 cm³/mol. The third-order valence-corrected chi connectivity index (χ3v) is 5.78. The van der Waals surface area contributed by atoms with Crippen LogP contribution >= 0.6 is 11.3 Å². The molecule has 3 heteroatoms. The molecule has 0 saturated heterocycles. The first-order valence-corrected chi connectivity index (χ1v) is 9.60. The topological polar surface area (TPSA) is 30.0 Å².